The van der Waals surface area contributed by atoms with Gasteiger partial charge in [0, 0.05) is 18.3 Å². The van der Waals surface area contributed by atoms with E-state index in [0.29, 0.717) is 22.5 Å². The fourth-order valence-electron chi connectivity index (χ4n) is 2.43. The van der Waals surface area contributed by atoms with Gasteiger partial charge in [0.25, 0.3) is 0 Å². The Morgan fingerprint density at radius 3 is 2.19 bits per heavy atom. The Morgan fingerprint density at radius 2 is 1.73 bits per heavy atom. The van der Waals surface area contributed by atoms with Gasteiger partial charge < -0.3 is 8.75 Å². The highest BCUT2D eigenvalue weighted by molar-refractivity contribution is 7.88. The van der Waals surface area contributed by atoms with E-state index in [9.17, 15) is 21.6 Å². The lowest BCUT2D eigenvalue weighted by molar-refractivity contribution is -0.0500. The minimum absolute atomic E-state index is 0.294. The molecule has 0 saturated heterocycles. The summed E-state index contributed by atoms with van der Waals surface area (Å²) >= 11 is 0. The molecular formula is C17H17F3N2O3S. The van der Waals surface area contributed by atoms with Crippen molar-refractivity contribution in [3.05, 3.63) is 41.6 Å². The molecule has 0 atom stereocenters. The highest BCUT2D eigenvalue weighted by Gasteiger charge is 2.49. The summed E-state index contributed by atoms with van der Waals surface area (Å²) in [6.45, 7) is 5.18. The maximum absolute atomic E-state index is 12.6. The standard InChI is InChI=1S/C17H17F3N2O3S/c1-16(2,3)13-9-11(14-7-6-12(10-21)22(14)4)5-8-15(13)25-26(23,24)17(18,19)20/h5-9H,1-4H3. The van der Waals surface area contributed by atoms with Crippen LogP contribution in [0, 0.1) is 11.3 Å². The van der Waals surface area contributed by atoms with Crippen LogP contribution in [0.5, 0.6) is 5.75 Å². The van der Waals surface area contributed by atoms with Gasteiger partial charge in [0.05, 0.1) is 0 Å². The summed E-state index contributed by atoms with van der Waals surface area (Å²) in [5.41, 5.74) is -4.20. The molecule has 26 heavy (non-hydrogen) atoms. The van der Waals surface area contributed by atoms with Crippen molar-refractivity contribution in [3.8, 4) is 23.1 Å². The molecule has 0 radical (unpaired) electrons. The van der Waals surface area contributed by atoms with Gasteiger partial charge in [-0.3, -0.25) is 0 Å². The molecule has 0 amide bonds. The number of nitriles is 1. The Hall–Kier alpha value is -2.47. The summed E-state index contributed by atoms with van der Waals surface area (Å²) in [4.78, 5) is 0. The molecule has 0 N–H and O–H groups in total. The highest BCUT2D eigenvalue weighted by atomic mass is 32.2. The van der Waals surface area contributed by atoms with Crippen LogP contribution in [0.3, 0.4) is 0 Å². The van der Waals surface area contributed by atoms with Gasteiger partial charge in [-0.25, -0.2) is 0 Å². The lowest BCUT2D eigenvalue weighted by Gasteiger charge is -2.23. The second kappa shape index (κ2) is 6.36. The third-order valence-electron chi connectivity index (χ3n) is 3.80. The van der Waals surface area contributed by atoms with E-state index in [-0.39, 0.29) is 5.75 Å². The number of hydrogen-bond donors (Lipinski definition) is 0. The average Bonchev–Trinajstić information content (AvgIpc) is 2.86. The van der Waals surface area contributed by atoms with Crippen molar-refractivity contribution in [2.24, 2.45) is 7.05 Å². The average molecular weight is 386 g/mol. The van der Waals surface area contributed by atoms with Crippen LogP contribution in [-0.4, -0.2) is 18.5 Å². The normalized spacial score (nSPS) is 12.7. The molecule has 0 aliphatic rings. The molecule has 1 aromatic carbocycles. The predicted octanol–water partition coefficient (Wildman–Crippen LogP) is 4.09. The second-order valence-corrected chi connectivity index (χ2v) is 8.26. The molecule has 0 bridgehead atoms. The molecule has 5 nitrogen and oxygen atoms in total. The van der Waals surface area contributed by atoms with Crippen molar-refractivity contribution < 1.29 is 25.8 Å². The maximum atomic E-state index is 12.6. The first-order chi connectivity index (χ1) is 11.8. The number of aromatic nitrogens is 1. The summed E-state index contributed by atoms with van der Waals surface area (Å²) < 4.78 is 66.6. The Kier molecular flexibility index (Phi) is 4.85. The fraction of sp³-hybridized carbons (Fsp3) is 0.353. The number of halogens is 3. The van der Waals surface area contributed by atoms with E-state index < -0.39 is 21.0 Å². The summed E-state index contributed by atoms with van der Waals surface area (Å²) in [7, 11) is -4.08. The van der Waals surface area contributed by atoms with Crippen molar-refractivity contribution >= 4 is 10.1 Å². The van der Waals surface area contributed by atoms with Gasteiger partial charge in [-0.1, -0.05) is 20.8 Å². The third kappa shape index (κ3) is 3.70. The van der Waals surface area contributed by atoms with Crippen LogP contribution in [-0.2, 0) is 22.6 Å². The van der Waals surface area contributed by atoms with E-state index >= 15 is 0 Å². The zero-order valence-electron chi connectivity index (χ0n) is 14.5. The summed E-state index contributed by atoms with van der Waals surface area (Å²) in [5, 5.41) is 9.05. The monoisotopic (exact) mass is 386 g/mol. The first-order valence-corrected chi connectivity index (χ1v) is 8.90. The van der Waals surface area contributed by atoms with Crippen molar-refractivity contribution in [1.82, 2.24) is 4.57 Å². The fourth-order valence-corrected chi connectivity index (χ4v) is 2.90. The predicted molar refractivity (Wildman–Crippen MR) is 89.9 cm³/mol. The second-order valence-electron chi connectivity index (χ2n) is 6.72. The molecule has 0 unspecified atom stereocenters. The number of alkyl halides is 3. The minimum Gasteiger partial charge on any atom is -0.376 e. The first kappa shape index (κ1) is 19.8. The van der Waals surface area contributed by atoms with E-state index in [2.05, 4.69) is 4.18 Å². The van der Waals surface area contributed by atoms with Gasteiger partial charge in [-0.05, 0) is 41.3 Å². The van der Waals surface area contributed by atoms with Gasteiger partial charge in [0.1, 0.15) is 17.5 Å². The molecule has 1 heterocycles. The Labute approximate surface area is 149 Å². The van der Waals surface area contributed by atoms with Gasteiger partial charge >= 0.3 is 15.6 Å². The van der Waals surface area contributed by atoms with Crippen LogP contribution in [0.25, 0.3) is 11.3 Å². The first-order valence-electron chi connectivity index (χ1n) is 7.49. The number of hydrogen-bond acceptors (Lipinski definition) is 4. The highest BCUT2D eigenvalue weighted by Crippen LogP contribution is 2.37. The smallest absolute Gasteiger partial charge is 0.376 e. The topological polar surface area (TPSA) is 72.1 Å². The van der Waals surface area contributed by atoms with E-state index in [1.54, 1.807) is 50.6 Å². The molecule has 140 valence electrons. The molecule has 0 saturated carbocycles. The zero-order valence-corrected chi connectivity index (χ0v) is 15.4. The van der Waals surface area contributed by atoms with Gasteiger partial charge in [0.2, 0.25) is 0 Å². The largest absolute Gasteiger partial charge is 0.534 e. The SMILES string of the molecule is Cn1c(C#N)ccc1-c1ccc(OS(=O)(=O)C(F)(F)F)c(C(C)(C)C)c1. The van der Waals surface area contributed by atoms with E-state index in [1.165, 1.54) is 12.1 Å². The molecular weight excluding hydrogens is 369 g/mol. The van der Waals surface area contributed by atoms with E-state index in [4.69, 9.17) is 5.26 Å². The number of nitrogens with zero attached hydrogens (tertiary/aromatic N) is 2. The quantitative estimate of drug-likeness (QED) is 0.588. The molecule has 1 aromatic heterocycles. The van der Waals surface area contributed by atoms with Crippen LogP contribution in [0.1, 0.15) is 32.0 Å². The van der Waals surface area contributed by atoms with Crippen LogP contribution in [0.15, 0.2) is 30.3 Å². The van der Waals surface area contributed by atoms with Gasteiger partial charge in [-0.15, -0.1) is 0 Å². The molecule has 0 fully saturated rings. The zero-order chi connectivity index (χ0) is 19.9. The summed E-state index contributed by atoms with van der Waals surface area (Å²) in [6, 6.07) is 9.55. The Balaban J connectivity index is 2.60. The third-order valence-corrected chi connectivity index (χ3v) is 4.77. The van der Waals surface area contributed by atoms with Crippen LogP contribution in [0.4, 0.5) is 13.2 Å². The van der Waals surface area contributed by atoms with Crippen LogP contribution >= 0.6 is 0 Å². The molecule has 0 aliphatic carbocycles. The number of benzene rings is 1. The van der Waals surface area contributed by atoms with Gasteiger partial charge in [0.15, 0.2) is 0 Å². The Morgan fingerprint density at radius 1 is 1.12 bits per heavy atom. The van der Waals surface area contributed by atoms with Crippen molar-refractivity contribution in [3.63, 3.8) is 0 Å². The Bertz CT molecular complexity index is 978. The molecule has 9 heteroatoms. The van der Waals surface area contributed by atoms with E-state index in [1.807, 2.05) is 6.07 Å². The molecule has 2 aromatic rings. The van der Waals surface area contributed by atoms with Crippen LogP contribution < -0.4 is 4.18 Å². The molecule has 0 spiro atoms. The molecule has 2 rings (SSSR count). The van der Waals surface area contributed by atoms with E-state index in [0.717, 1.165) is 0 Å². The van der Waals surface area contributed by atoms with Gasteiger partial charge in [-0.2, -0.15) is 26.9 Å². The van der Waals surface area contributed by atoms with Crippen molar-refractivity contribution in [2.75, 3.05) is 0 Å². The summed E-state index contributed by atoms with van der Waals surface area (Å²) in [5.74, 6) is -0.381. The maximum Gasteiger partial charge on any atom is 0.534 e. The number of rotatable bonds is 3. The van der Waals surface area contributed by atoms with Crippen molar-refractivity contribution in [1.29, 1.82) is 5.26 Å². The minimum atomic E-state index is -5.77. The van der Waals surface area contributed by atoms with Crippen molar-refractivity contribution in [2.45, 2.75) is 31.7 Å². The van der Waals surface area contributed by atoms with Crippen LogP contribution in [0.2, 0.25) is 0 Å². The summed E-state index contributed by atoms with van der Waals surface area (Å²) in [6.07, 6.45) is 0. The lowest BCUT2D eigenvalue weighted by Crippen LogP contribution is -2.29. The lowest BCUT2D eigenvalue weighted by atomic mass is 9.85. The molecule has 0 aliphatic heterocycles.